The Labute approximate surface area is 81.9 Å². The SMILES string of the molecule is CC(C)CCCN1CCC(C)(O)C1. The first-order valence-electron chi connectivity index (χ1n) is 5.44. The maximum absolute atomic E-state index is 9.73. The van der Waals surface area contributed by atoms with Crippen molar-refractivity contribution >= 4 is 0 Å². The fourth-order valence-corrected chi connectivity index (χ4v) is 1.95. The monoisotopic (exact) mass is 185 g/mol. The molecule has 0 radical (unpaired) electrons. The molecule has 1 aliphatic heterocycles. The molecule has 2 nitrogen and oxygen atoms in total. The van der Waals surface area contributed by atoms with Gasteiger partial charge in [-0.3, -0.25) is 0 Å². The van der Waals surface area contributed by atoms with E-state index < -0.39 is 5.60 Å². The quantitative estimate of drug-likeness (QED) is 0.723. The van der Waals surface area contributed by atoms with Gasteiger partial charge in [-0.15, -0.1) is 0 Å². The lowest BCUT2D eigenvalue weighted by atomic mass is 10.1. The van der Waals surface area contributed by atoms with E-state index in [9.17, 15) is 5.11 Å². The standard InChI is InChI=1S/C11H23NO/c1-10(2)5-4-7-12-8-6-11(3,13)9-12/h10,13H,4-9H2,1-3H3. The van der Waals surface area contributed by atoms with E-state index >= 15 is 0 Å². The molecule has 1 rings (SSSR count). The van der Waals surface area contributed by atoms with Crippen LogP contribution in [0.15, 0.2) is 0 Å². The molecule has 1 heterocycles. The topological polar surface area (TPSA) is 23.5 Å². The molecule has 0 bridgehead atoms. The van der Waals surface area contributed by atoms with Gasteiger partial charge < -0.3 is 10.0 Å². The minimum Gasteiger partial charge on any atom is -0.389 e. The predicted molar refractivity (Wildman–Crippen MR) is 55.8 cm³/mol. The largest absolute Gasteiger partial charge is 0.389 e. The van der Waals surface area contributed by atoms with Crippen LogP contribution in [0.3, 0.4) is 0 Å². The average molecular weight is 185 g/mol. The Morgan fingerprint density at radius 1 is 1.46 bits per heavy atom. The van der Waals surface area contributed by atoms with E-state index in [2.05, 4.69) is 18.7 Å². The molecule has 1 fully saturated rings. The number of hydrogen-bond donors (Lipinski definition) is 1. The highest BCUT2D eigenvalue weighted by Gasteiger charge is 2.30. The Hall–Kier alpha value is -0.0800. The zero-order chi connectivity index (χ0) is 9.90. The third kappa shape index (κ3) is 4.10. The predicted octanol–water partition coefficient (Wildman–Crippen LogP) is 1.88. The van der Waals surface area contributed by atoms with Crippen molar-refractivity contribution < 1.29 is 5.11 Å². The van der Waals surface area contributed by atoms with Crippen LogP contribution in [-0.2, 0) is 0 Å². The molecule has 1 aliphatic rings. The summed E-state index contributed by atoms with van der Waals surface area (Å²) in [4.78, 5) is 2.38. The van der Waals surface area contributed by atoms with Crippen molar-refractivity contribution in [1.82, 2.24) is 4.90 Å². The van der Waals surface area contributed by atoms with Gasteiger partial charge in [-0.25, -0.2) is 0 Å². The van der Waals surface area contributed by atoms with E-state index in [1.807, 2.05) is 6.92 Å². The van der Waals surface area contributed by atoms with Crippen LogP contribution in [0.1, 0.15) is 40.0 Å². The van der Waals surface area contributed by atoms with E-state index in [1.165, 1.54) is 12.8 Å². The third-order valence-corrected chi connectivity index (χ3v) is 2.79. The highest BCUT2D eigenvalue weighted by atomic mass is 16.3. The van der Waals surface area contributed by atoms with Gasteiger partial charge in [-0.05, 0) is 38.6 Å². The molecule has 13 heavy (non-hydrogen) atoms. The molecule has 0 aromatic rings. The van der Waals surface area contributed by atoms with E-state index in [4.69, 9.17) is 0 Å². The lowest BCUT2D eigenvalue weighted by molar-refractivity contribution is 0.0685. The summed E-state index contributed by atoms with van der Waals surface area (Å²) in [5, 5.41) is 9.73. The van der Waals surface area contributed by atoms with Crippen molar-refractivity contribution in [2.24, 2.45) is 5.92 Å². The van der Waals surface area contributed by atoms with E-state index in [0.29, 0.717) is 0 Å². The highest BCUT2D eigenvalue weighted by molar-refractivity contribution is 4.85. The maximum atomic E-state index is 9.73. The number of hydrogen-bond acceptors (Lipinski definition) is 2. The molecule has 1 atom stereocenters. The second kappa shape index (κ2) is 4.43. The second-order valence-electron chi connectivity index (χ2n) is 5.06. The molecule has 78 valence electrons. The Morgan fingerprint density at radius 3 is 2.62 bits per heavy atom. The van der Waals surface area contributed by atoms with Gasteiger partial charge in [0.15, 0.2) is 0 Å². The zero-order valence-corrected chi connectivity index (χ0v) is 9.21. The van der Waals surface area contributed by atoms with Crippen molar-refractivity contribution in [2.45, 2.75) is 45.6 Å². The number of likely N-dealkylation sites (tertiary alicyclic amines) is 1. The van der Waals surface area contributed by atoms with Crippen LogP contribution in [0.2, 0.25) is 0 Å². The lowest BCUT2D eigenvalue weighted by Crippen LogP contribution is -2.30. The molecule has 0 amide bonds. The number of aliphatic hydroxyl groups is 1. The summed E-state index contributed by atoms with van der Waals surface area (Å²) in [7, 11) is 0. The summed E-state index contributed by atoms with van der Waals surface area (Å²) in [5.41, 5.74) is -0.419. The summed E-state index contributed by atoms with van der Waals surface area (Å²) < 4.78 is 0. The minimum absolute atomic E-state index is 0.419. The molecule has 1 unspecified atom stereocenters. The third-order valence-electron chi connectivity index (χ3n) is 2.79. The maximum Gasteiger partial charge on any atom is 0.0758 e. The summed E-state index contributed by atoms with van der Waals surface area (Å²) in [6.45, 7) is 9.57. The van der Waals surface area contributed by atoms with Gasteiger partial charge in [0, 0.05) is 13.1 Å². The average Bonchev–Trinajstić information content (AvgIpc) is 2.29. The highest BCUT2D eigenvalue weighted by Crippen LogP contribution is 2.20. The number of β-amino-alcohol motifs (C(OH)–C–C–N with tert-alkyl or cyclic N) is 1. The van der Waals surface area contributed by atoms with Crippen LogP contribution in [0.25, 0.3) is 0 Å². The van der Waals surface area contributed by atoms with Crippen LogP contribution in [0.5, 0.6) is 0 Å². The first-order valence-corrected chi connectivity index (χ1v) is 5.44. The smallest absolute Gasteiger partial charge is 0.0758 e. The van der Waals surface area contributed by atoms with Gasteiger partial charge in [0.2, 0.25) is 0 Å². The Morgan fingerprint density at radius 2 is 2.15 bits per heavy atom. The minimum atomic E-state index is -0.419. The van der Waals surface area contributed by atoms with Gasteiger partial charge in [0.1, 0.15) is 0 Å². The number of nitrogens with zero attached hydrogens (tertiary/aromatic N) is 1. The van der Waals surface area contributed by atoms with Crippen molar-refractivity contribution in [3.05, 3.63) is 0 Å². The molecule has 0 spiro atoms. The van der Waals surface area contributed by atoms with Crippen LogP contribution < -0.4 is 0 Å². The molecule has 0 aromatic carbocycles. The van der Waals surface area contributed by atoms with Crippen LogP contribution in [-0.4, -0.2) is 35.2 Å². The Bertz CT molecular complexity index is 154. The van der Waals surface area contributed by atoms with Crippen molar-refractivity contribution in [3.8, 4) is 0 Å². The molecule has 0 aromatic heterocycles. The summed E-state index contributed by atoms with van der Waals surface area (Å²) in [5.74, 6) is 0.808. The van der Waals surface area contributed by atoms with E-state index in [1.54, 1.807) is 0 Å². The normalized spacial score (nSPS) is 30.2. The fourth-order valence-electron chi connectivity index (χ4n) is 1.95. The summed E-state index contributed by atoms with van der Waals surface area (Å²) in [6, 6.07) is 0. The van der Waals surface area contributed by atoms with Crippen molar-refractivity contribution in [2.75, 3.05) is 19.6 Å². The van der Waals surface area contributed by atoms with Crippen LogP contribution in [0, 0.1) is 5.92 Å². The molecule has 0 aliphatic carbocycles. The molecule has 2 heteroatoms. The van der Waals surface area contributed by atoms with E-state index in [0.717, 1.165) is 32.0 Å². The van der Waals surface area contributed by atoms with Gasteiger partial charge in [0.25, 0.3) is 0 Å². The van der Waals surface area contributed by atoms with Crippen LogP contribution in [0.4, 0.5) is 0 Å². The van der Waals surface area contributed by atoms with Gasteiger partial charge >= 0.3 is 0 Å². The van der Waals surface area contributed by atoms with Crippen LogP contribution >= 0.6 is 0 Å². The molecular weight excluding hydrogens is 162 g/mol. The van der Waals surface area contributed by atoms with Gasteiger partial charge in [0.05, 0.1) is 5.60 Å². The van der Waals surface area contributed by atoms with Crippen molar-refractivity contribution in [1.29, 1.82) is 0 Å². The van der Waals surface area contributed by atoms with Gasteiger partial charge in [-0.2, -0.15) is 0 Å². The van der Waals surface area contributed by atoms with Gasteiger partial charge in [-0.1, -0.05) is 13.8 Å². The Balaban J connectivity index is 2.11. The second-order valence-corrected chi connectivity index (χ2v) is 5.06. The lowest BCUT2D eigenvalue weighted by Gasteiger charge is -2.18. The van der Waals surface area contributed by atoms with Crippen molar-refractivity contribution in [3.63, 3.8) is 0 Å². The Kier molecular flexibility index (Phi) is 3.74. The molecule has 1 saturated heterocycles. The molecule has 1 N–H and O–H groups in total. The first-order chi connectivity index (χ1) is 5.99. The van der Waals surface area contributed by atoms with E-state index in [-0.39, 0.29) is 0 Å². The number of rotatable bonds is 4. The summed E-state index contributed by atoms with van der Waals surface area (Å²) >= 11 is 0. The fraction of sp³-hybridized carbons (Fsp3) is 1.00. The zero-order valence-electron chi connectivity index (χ0n) is 9.21. The molecule has 0 saturated carbocycles. The first kappa shape index (κ1) is 11.0. The molecular formula is C11H23NO. The summed E-state index contributed by atoms with van der Waals surface area (Å²) in [6.07, 6.45) is 3.51.